The number of hydrogen-bond donors (Lipinski definition) is 1. The number of nitrogens with two attached hydrogens (primary N) is 1. The Hall–Kier alpha value is -1.06. The van der Waals surface area contributed by atoms with E-state index in [-0.39, 0.29) is 0 Å². The number of hydrogen-bond acceptors (Lipinski definition) is 3. The van der Waals surface area contributed by atoms with Gasteiger partial charge in [-0.15, -0.1) is 0 Å². The van der Waals surface area contributed by atoms with Crippen LogP contribution < -0.4 is 5.73 Å². The van der Waals surface area contributed by atoms with Crippen LogP contribution in [-0.2, 0) is 0 Å². The number of fused-ring (bicyclic) bond motifs is 2. The van der Waals surface area contributed by atoms with E-state index in [1.54, 1.807) is 0 Å². The van der Waals surface area contributed by atoms with E-state index in [1.807, 2.05) is 29.6 Å². The molecule has 0 atom stereocenters. The number of nitrogen functional groups attached to an aromatic ring is 1. The van der Waals surface area contributed by atoms with Crippen molar-refractivity contribution in [3.05, 3.63) is 42.0 Å². The van der Waals surface area contributed by atoms with Gasteiger partial charge < -0.3 is 5.73 Å². The highest BCUT2D eigenvalue weighted by atomic mass is 32.2. The van der Waals surface area contributed by atoms with Gasteiger partial charge in [0, 0.05) is 25.3 Å². The Labute approximate surface area is 103 Å². The Morgan fingerprint density at radius 2 is 1.56 bits per heavy atom. The molecule has 0 fully saturated rings. The first-order chi connectivity index (χ1) is 7.75. The van der Waals surface area contributed by atoms with Crippen molar-refractivity contribution >= 4 is 29.2 Å². The summed E-state index contributed by atoms with van der Waals surface area (Å²) in [7, 11) is 0. The molecule has 0 radical (unpaired) electrons. The van der Waals surface area contributed by atoms with Crippen molar-refractivity contribution in [1.29, 1.82) is 0 Å². The normalized spacial score (nSPS) is 13.1. The van der Waals surface area contributed by atoms with Crippen LogP contribution in [0.4, 0.5) is 5.69 Å². The molecule has 3 rings (SSSR count). The first-order valence-electron chi connectivity index (χ1n) is 5.09. The van der Waals surface area contributed by atoms with E-state index in [4.69, 9.17) is 5.73 Å². The highest BCUT2D eigenvalue weighted by Crippen LogP contribution is 2.50. The van der Waals surface area contributed by atoms with Gasteiger partial charge in [0.2, 0.25) is 0 Å². The lowest BCUT2D eigenvalue weighted by molar-refractivity contribution is 1.12. The average molecular weight is 245 g/mol. The lowest BCUT2D eigenvalue weighted by Crippen LogP contribution is -1.96. The summed E-state index contributed by atoms with van der Waals surface area (Å²) in [5.74, 6) is 0. The van der Waals surface area contributed by atoms with E-state index in [2.05, 4.69) is 37.3 Å². The molecular weight excluding hydrogens is 234 g/mol. The Bertz CT molecular complexity index is 564. The third-order valence-corrected chi connectivity index (χ3v) is 5.39. The topological polar surface area (TPSA) is 26.0 Å². The Kier molecular flexibility index (Phi) is 2.37. The summed E-state index contributed by atoms with van der Waals surface area (Å²) in [5, 5.41) is 0. The third-order valence-electron chi connectivity index (χ3n) is 2.69. The first kappa shape index (κ1) is 10.1. The Morgan fingerprint density at radius 3 is 2.31 bits per heavy atom. The van der Waals surface area contributed by atoms with Gasteiger partial charge in [0.15, 0.2) is 0 Å². The van der Waals surface area contributed by atoms with Crippen molar-refractivity contribution in [1.82, 2.24) is 0 Å². The molecule has 0 aliphatic carbocycles. The molecule has 0 bridgehead atoms. The monoisotopic (exact) mass is 245 g/mol. The maximum atomic E-state index is 5.94. The third kappa shape index (κ3) is 1.51. The van der Waals surface area contributed by atoms with Gasteiger partial charge in [0.1, 0.15) is 0 Å². The lowest BCUT2D eigenvalue weighted by atomic mass is 10.2. The highest BCUT2D eigenvalue weighted by molar-refractivity contribution is 8.05. The summed E-state index contributed by atoms with van der Waals surface area (Å²) in [5.41, 5.74) is 8.02. The summed E-state index contributed by atoms with van der Waals surface area (Å²) in [6, 6.07) is 12.6. The number of benzene rings is 2. The molecule has 3 heteroatoms. The predicted octanol–water partition coefficient (Wildman–Crippen LogP) is 4.19. The lowest BCUT2D eigenvalue weighted by Gasteiger charge is -2.20. The second-order valence-corrected chi connectivity index (χ2v) is 5.89. The van der Waals surface area contributed by atoms with Crippen LogP contribution in [0.25, 0.3) is 0 Å². The molecule has 1 aliphatic heterocycles. The molecule has 0 spiro atoms. The maximum absolute atomic E-state index is 5.94. The minimum Gasteiger partial charge on any atom is -0.398 e. The molecule has 0 saturated carbocycles. The molecule has 0 saturated heterocycles. The highest BCUT2D eigenvalue weighted by Gasteiger charge is 2.18. The molecular formula is C13H11NS2. The van der Waals surface area contributed by atoms with Crippen molar-refractivity contribution in [3.63, 3.8) is 0 Å². The van der Waals surface area contributed by atoms with Crippen LogP contribution in [0.5, 0.6) is 0 Å². The van der Waals surface area contributed by atoms with Crippen molar-refractivity contribution in [3.8, 4) is 0 Å². The van der Waals surface area contributed by atoms with Gasteiger partial charge in [0.25, 0.3) is 0 Å². The van der Waals surface area contributed by atoms with Crippen LogP contribution in [0.15, 0.2) is 56.0 Å². The van der Waals surface area contributed by atoms with Gasteiger partial charge >= 0.3 is 0 Å². The van der Waals surface area contributed by atoms with E-state index >= 15 is 0 Å². The Morgan fingerprint density at radius 1 is 0.875 bits per heavy atom. The Balaban J connectivity index is 2.16. The van der Waals surface area contributed by atoms with Crippen molar-refractivity contribution in [2.45, 2.75) is 26.5 Å². The number of rotatable bonds is 0. The fraction of sp³-hybridized carbons (Fsp3) is 0.0769. The molecule has 1 nitrogen and oxygen atoms in total. The van der Waals surface area contributed by atoms with E-state index in [1.165, 1.54) is 25.1 Å². The summed E-state index contributed by atoms with van der Waals surface area (Å²) >= 11 is 3.65. The van der Waals surface area contributed by atoms with Crippen LogP contribution in [0.1, 0.15) is 5.56 Å². The maximum Gasteiger partial charge on any atom is 0.0355 e. The molecule has 1 aliphatic rings. The van der Waals surface area contributed by atoms with Gasteiger partial charge in [-0.1, -0.05) is 35.7 Å². The van der Waals surface area contributed by atoms with Crippen LogP contribution in [0.2, 0.25) is 0 Å². The molecule has 2 aromatic rings. The molecule has 0 unspecified atom stereocenters. The molecule has 16 heavy (non-hydrogen) atoms. The zero-order valence-electron chi connectivity index (χ0n) is 8.86. The van der Waals surface area contributed by atoms with Gasteiger partial charge in [-0.3, -0.25) is 0 Å². The fourth-order valence-corrected chi connectivity index (χ4v) is 4.15. The van der Waals surface area contributed by atoms with Gasteiger partial charge in [0.05, 0.1) is 0 Å². The molecule has 2 aromatic carbocycles. The summed E-state index contributed by atoms with van der Waals surface area (Å²) in [6.45, 7) is 2.09. The van der Waals surface area contributed by atoms with E-state index in [0.29, 0.717) is 0 Å². The van der Waals surface area contributed by atoms with Crippen molar-refractivity contribution in [2.75, 3.05) is 5.73 Å². The molecule has 0 aromatic heterocycles. The summed E-state index contributed by atoms with van der Waals surface area (Å²) < 4.78 is 0. The molecule has 1 heterocycles. The molecule has 0 amide bonds. The van der Waals surface area contributed by atoms with Crippen LogP contribution >= 0.6 is 23.5 Å². The zero-order chi connectivity index (χ0) is 11.1. The van der Waals surface area contributed by atoms with E-state index in [0.717, 1.165) is 5.69 Å². The zero-order valence-corrected chi connectivity index (χ0v) is 10.5. The summed E-state index contributed by atoms with van der Waals surface area (Å²) in [4.78, 5) is 5.29. The second kappa shape index (κ2) is 3.75. The van der Waals surface area contributed by atoms with Crippen LogP contribution in [0.3, 0.4) is 0 Å². The van der Waals surface area contributed by atoms with Crippen molar-refractivity contribution < 1.29 is 0 Å². The minimum absolute atomic E-state index is 0.881. The van der Waals surface area contributed by atoms with Gasteiger partial charge in [-0.05, 0) is 36.8 Å². The minimum atomic E-state index is 0.881. The fourth-order valence-electron chi connectivity index (χ4n) is 1.74. The number of anilines is 1. The van der Waals surface area contributed by atoms with Crippen LogP contribution in [-0.4, -0.2) is 0 Å². The largest absolute Gasteiger partial charge is 0.398 e. The first-order valence-corrected chi connectivity index (χ1v) is 6.73. The molecule has 80 valence electrons. The van der Waals surface area contributed by atoms with Crippen molar-refractivity contribution in [2.24, 2.45) is 0 Å². The molecule has 2 N–H and O–H groups in total. The SMILES string of the molecule is Cc1c(N)ccc2c1Sc1ccccc1S2. The van der Waals surface area contributed by atoms with Crippen LogP contribution in [0, 0.1) is 6.92 Å². The summed E-state index contributed by atoms with van der Waals surface area (Å²) in [6.07, 6.45) is 0. The van der Waals surface area contributed by atoms with E-state index < -0.39 is 0 Å². The smallest absolute Gasteiger partial charge is 0.0355 e. The van der Waals surface area contributed by atoms with Gasteiger partial charge in [-0.25, -0.2) is 0 Å². The standard InChI is InChI=1S/C13H11NS2/c1-8-9(14)6-7-12-13(8)16-11-5-3-2-4-10(11)15-12/h2-7H,14H2,1H3. The van der Waals surface area contributed by atoms with E-state index in [9.17, 15) is 0 Å². The quantitative estimate of drug-likeness (QED) is 0.601. The predicted molar refractivity (Wildman–Crippen MR) is 70.3 cm³/mol. The average Bonchev–Trinajstić information content (AvgIpc) is 2.32. The van der Waals surface area contributed by atoms with Gasteiger partial charge in [-0.2, -0.15) is 0 Å². The second-order valence-electron chi connectivity index (χ2n) is 3.76.